The largest absolute Gasteiger partial charge is 0.480 e. The van der Waals surface area contributed by atoms with Gasteiger partial charge in [0.05, 0.1) is 6.10 Å². The monoisotopic (exact) mass is 511 g/mol. The van der Waals surface area contributed by atoms with E-state index in [2.05, 4.69) is 17.4 Å². The summed E-state index contributed by atoms with van der Waals surface area (Å²) in [5.41, 5.74) is 3.93. The number of benzene rings is 1. The summed E-state index contributed by atoms with van der Waals surface area (Å²) in [6.07, 6.45) is 7.54. The van der Waals surface area contributed by atoms with Crippen LogP contribution in [0.2, 0.25) is 0 Å². The van der Waals surface area contributed by atoms with E-state index in [1.165, 1.54) is 17.7 Å². The van der Waals surface area contributed by atoms with Crippen LogP contribution in [0.5, 0.6) is 0 Å². The fourth-order valence-electron chi connectivity index (χ4n) is 5.94. The van der Waals surface area contributed by atoms with Crippen molar-refractivity contribution in [1.29, 1.82) is 0 Å². The summed E-state index contributed by atoms with van der Waals surface area (Å²) in [6, 6.07) is 8.09. The molecule has 5 rings (SSSR count). The average Bonchev–Trinajstić information content (AvgIpc) is 3.37. The molecule has 1 aromatic carbocycles. The minimum absolute atomic E-state index is 0.00647. The van der Waals surface area contributed by atoms with Gasteiger partial charge in [-0.3, -0.25) is 9.69 Å². The van der Waals surface area contributed by atoms with E-state index < -0.39 is 17.8 Å². The van der Waals surface area contributed by atoms with Crippen molar-refractivity contribution in [3.8, 4) is 0 Å². The lowest BCUT2D eigenvalue weighted by atomic mass is 9.85. The van der Waals surface area contributed by atoms with Crippen LogP contribution in [-0.4, -0.2) is 66.5 Å². The summed E-state index contributed by atoms with van der Waals surface area (Å²) in [4.78, 5) is 19.1. The number of nitrogens with zero attached hydrogens (tertiary/aromatic N) is 2. The third-order valence-electron chi connectivity index (χ3n) is 7.91. The van der Waals surface area contributed by atoms with E-state index in [9.17, 15) is 14.3 Å². The molecule has 1 aromatic heterocycles. The number of rotatable bonds is 10. The van der Waals surface area contributed by atoms with Crippen LogP contribution in [0.1, 0.15) is 72.9 Å². The first-order valence-corrected chi connectivity index (χ1v) is 13.8. The van der Waals surface area contributed by atoms with Gasteiger partial charge in [0.1, 0.15) is 17.7 Å². The molecule has 2 aromatic rings. The zero-order valence-corrected chi connectivity index (χ0v) is 21.5. The molecule has 2 N–H and O–H groups in total. The van der Waals surface area contributed by atoms with Crippen LogP contribution in [0.15, 0.2) is 30.3 Å². The van der Waals surface area contributed by atoms with Gasteiger partial charge in [-0.2, -0.15) is 0 Å². The van der Waals surface area contributed by atoms with Gasteiger partial charge in [0.25, 0.3) is 0 Å². The number of carbonyl (C=O) groups is 1. The van der Waals surface area contributed by atoms with Crippen molar-refractivity contribution >= 4 is 11.8 Å². The minimum Gasteiger partial charge on any atom is -0.480 e. The van der Waals surface area contributed by atoms with Crippen molar-refractivity contribution in [2.24, 2.45) is 0 Å². The maximum absolute atomic E-state index is 14.3. The Morgan fingerprint density at radius 1 is 1.22 bits per heavy atom. The van der Waals surface area contributed by atoms with E-state index in [1.54, 1.807) is 6.07 Å². The molecule has 0 spiro atoms. The van der Waals surface area contributed by atoms with E-state index in [0.29, 0.717) is 38.5 Å². The number of aliphatic carboxylic acids is 1. The summed E-state index contributed by atoms with van der Waals surface area (Å²) >= 11 is 0. The van der Waals surface area contributed by atoms with E-state index >= 15 is 0 Å². The number of unbranched alkanes of at least 4 members (excludes halogenated alkanes) is 1. The number of anilines is 1. The Hall–Kier alpha value is -2.55. The third-order valence-corrected chi connectivity index (χ3v) is 7.91. The van der Waals surface area contributed by atoms with Gasteiger partial charge in [-0.15, -0.1) is 0 Å². The second-order valence-corrected chi connectivity index (χ2v) is 10.5. The lowest BCUT2D eigenvalue weighted by Crippen LogP contribution is -2.34. The molecule has 4 heterocycles. The number of nitrogens with one attached hydrogen (secondary N) is 1. The second kappa shape index (κ2) is 12.3. The fourth-order valence-corrected chi connectivity index (χ4v) is 5.94. The summed E-state index contributed by atoms with van der Waals surface area (Å²) in [6.45, 7) is 4.11. The molecule has 0 bridgehead atoms. The zero-order valence-electron chi connectivity index (χ0n) is 21.5. The highest BCUT2D eigenvalue weighted by Crippen LogP contribution is 2.36. The Balaban J connectivity index is 1.13. The lowest BCUT2D eigenvalue weighted by molar-refractivity contribution is -0.143. The number of fused-ring (bicyclic) bond motifs is 1. The molecular formula is C29H38FN3O4. The average molecular weight is 512 g/mol. The van der Waals surface area contributed by atoms with Crippen LogP contribution in [-0.2, 0) is 27.1 Å². The molecule has 0 aliphatic carbocycles. The van der Waals surface area contributed by atoms with Gasteiger partial charge < -0.3 is 19.9 Å². The quantitative estimate of drug-likeness (QED) is 0.447. The van der Waals surface area contributed by atoms with Crippen molar-refractivity contribution < 1.29 is 23.8 Å². The Labute approximate surface area is 218 Å². The molecular weight excluding hydrogens is 473 g/mol. The Morgan fingerprint density at radius 2 is 2.08 bits per heavy atom. The number of aromatic nitrogens is 1. The molecule has 2 atom stereocenters. The maximum atomic E-state index is 14.3. The van der Waals surface area contributed by atoms with E-state index in [-0.39, 0.29) is 12.0 Å². The third kappa shape index (κ3) is 6.48. The number of hydrogen-bond donors (Lipinski definition) is 2. The number of carboxylic acids is 1. The maximum Gasteiger partial charge on any atom is 0.325 e. The first kappa shape index (κ1) is 26.1. The van der Waals surface area contributed by atoms with E-state index in [1.807, 2.05) is 4.90 Å². The first-order chi connectivity index (χ1) is 18.1. The van der Waals surface area contributed by atoms with Crippen molar-refractivity contribution in [2.75, 3.05) is 44.8 Å². The van der Waals surface area contributed by atoms with Gasteiger partial charge in [0.2, 0.25) is 0 Å². The minimum atomic E-state index is -0.938. The predicted octanol–water partition coefficient (Wildman–Crippen LogP) is 4.71. The van der Waals surface area contributed by atoms with Crippen molar-refractivity contribution in [2.45, 2.75) is 69.4 Å². The molecule has 0 saturated carbocycles. The summed E-state index contributed by atoms with van der Waals surface area (Å²) in [5.74, 6) is -0.0987. The molecule has 7 nitrogen and oxygen atoms in total. The van der Waals surface area contributed by atoms with Crippen molar-refractivity contribution in [3.05, 3.63) is 58.5 Å². The molecule has 37 heavy (non-hydrogen) atoms. The van der Waals surface area contributed by atoms with Gasteiger partial charge in [0, 0.05) is 45.1 Å². The highest BCUT2D eigenvalue weighted by atomic mass is 19.1. The SMILES string of the molecule is O=C(O)[C@H](c1cc(F)ccc1C1CCOCC1)N1CC[C@@H](OCCCCc2ccc3c(n2)NCCC3)C1. The van der Waals surface area contributed by atoms with E-state index in [4.69, 9.17) is 14.5 Å². The van der Waals surface area contributed by atoms with Crippen LogP contribution < -0.4 is 5.32 Å². The molecule has 3 aliphatic heterocycles. The molecule has 8 heteroatoms. The van der Waals surface area contributed by atoms with E-state index in [0.717, 1.165) is 75.0 Å². The Kier molecular flexibility index (Phi) is 8.69. The van der Waals surface area contributed by atoms with Crippen molar-refractivity contribution in [3.63, 3.8) is 0 Å². The molecule has 2 saturated heterocycles. The van der Waals surface area contributed by atoms with Gasteiger partial charge in [-0.1, -0.05) is 12.1 Å². The van der Waals surface area contributed by atoms with Crippen LogP contribution in [0.3, 0.4) is 0 Å². The molecule has 3 aliphatic rings. The highest BCUT2D eigenvalue weighted by molar-refractivity contribution is 5.76. The normalized spacial score (nSPS) is 21.4. The van der Waals surface area contributed by atoms with Gasteiger partial charge in [0.15, 0.2) is 0 Å². The molecule has 2 fully saturated rings. The van der Waals surface area contributed by atoms with Crippen LogP contribution >= 0.6 is 0 Å². The first-order valence-electron chi connectivity index (χ1n) is 13.8. The molecule has 0 radical (unpaired) electrons. The predicted molar refractivity (Wildman–Crippen MR) is 139 cm³/mol. The molecule has 200 valence electrons. The number of carboxylic acid groups (broad SMARTS) is 1. The fraction of sp³-hybridized carbons (Fsp3) is 0.586. The van der Waals surface area contributed by atoms with Gasteiger partial charge >= 0.3 is 5.97 Å². The molecule has 0 unspecified atom stereocenters. The number of likely N-dealkylation sites (tertiary alicyclic amines) is 1. The van der Waals surface area contributed by atoms with Gasteiger partial charge in [-0.05, 0) is 92.2 Å². The van der Waals surface area contributed by atoms with Crippen LogP contribution in [0, 0.1) is 5.82 Å². The Bertz CT molecular complexity index is 1080. The molecule has 0 amide bonds. The number of pyridine rings is 1. The summed E-state index contributed by atoms with van der Waals surface area (Å²) in [7, 11) is 0. The standard InChI is InChI=1S/C29H38FN3O4/c30-22-7-9-25(20-11-16-36-17-12-20)26(18-22)27(29(34)35)33-14-10-24(19-33)37-15-2-1-5-23-8-6-21-4-3-13-31-28(21)32-23/h6-9,18,20,24,27H,1-5,10-17,19H2,(H,31,32)(H,34,35)/t24-,27+/m1/s1. The zero-order chi connectivity index (χ0) is 25.6. The smallest absolute Gasteiger partial charge is 0.325 e. The number of ether oxygens (including phenoxy) is 2. The highest BCUT2D eigenvalue weighted by Gasteiger charge is 2.36. The summed E-state index contributed by atoms with van der Waals surface area (Å²) in [5, 5.41) is 13.6. The second-order valence-electron chi connectivity index (χ2n) is 10.5. The number of aryl methyl sites for hydroxylation is 2. The topological polar surface area (TPSA) is 83.9 Å². The van der Waals surface area contributed by atoms with Crippen LogP contribution in [0.4, 0.5) is 10.2 Å². The lowest BCUT2D eigenvalue weighted by Gasteiger charge is -2.30. The number of halogens is 1. The number of hydrogen-bond acceptors (Lipinski definition) is 6. The summed E-state index contributed by atoms with van der Waals surface area (Å²) < 4.78 is 25.9. The van der Waals surface area contributed by atoms with Crippen molar-refractivity contribution in [1.82, 2.24) is 9.88 Å². The Morgan fingerprint density at radius 3 is 2.92 bits per heavy atom. The van der Waals surface area contributed by atoms with Crippen LogP contribution in [0.25, 0.3) is 0 Å². The van der Waals surface area contributed by atoms with Gasteiger partial charge in [-0.25, -0.2) is 9.37 Å².